The fourth-order valence-electron chi connectivity index (χ4n) is 2.65. The molecule has 0 saturated heterocycles. The summed E-state index contributed by atoms with van der Waals surface area (Å²) >= 11 is 6.42. The van der Waals surface area contributed by atoms with Gasteiger partial charge in [0.15, 0.2) is 0 Å². The van der Waals surface area contributed by atoms with E-state index in [4.69, 9.17) is 21.1 Å². The van der Waals surface area contributed by atoms with Crippen molar-refractivity contribution in [3.8, 4) is 11.4 Å². The summed E-state index contributed by atoms with van der Waals surface area (Å²) in [6.45, 7) is 0.838. The van der Waals surface area contributed by atoms with Gasteiger partial charge in [-0.25, -0.2) is 4.79 Å². The molecule has 24 heavy (non-hydrogen) atoms. The fraction of sp³-hybridized carbons (Fsp3) is 0.167. The van der Waals surface area contributed by atoms with E-state index >= 15 is 0 Å². The van der Waals surface area contributed by atoms with Gasteiger partial charge in [0.05, 0.1) is 17.8 Å². The Bertz CT molecular complexity index is 888. The monoisotopic (exact) mass is 345 g/mol. The van der Waals surface area contributed by atoms with Crippen molar-refractivity contribution in [3.63, 3.8) is 0 Å². The maximum Gasteiger partial charge on any atom is 0.339 e. The average molecular weight is 346 g/mol. The first-order valence-corrected chi connectivity index (χ1v) is 7.76. The number of hydrogen-bond donors (Lipinski definition) is 1. The number of ether oxygens (including phenoxy) is 2. The van der Waals surface area contributed by atoms with Gasteiger partial charge in [-0.2, -0.15) is 0 Å². The van der Waals surface area contributed by atoms with Crippen LogP contribution in [0.4, 0.5) is 0 Å². The third kappa shape index (κ3) is 2.84. The molecule has 1 N–H and O–H groups in total. The summed E-state index contributed by atoms with van der Waals surface area (Å²) in [7, 11) is 1.60. The Kier molecular flexibility index (Phi) is 4.74. The zero-order valence-corrected chi connectivity index (χ0v) is 13.8. The summed E-state index contributed by atoms with van der Waals surface area (Å²) < 4.78 is 12.5. The normalized spacial score (nSPS) is 10.9. The first-order chi connectivity index (χ1) is 11.6. The van der Waals surface area contributed by atoms with Gasteiger partial charge < -0.3 is 14.6 Å². The molecule has 0 aliphatic rings. The number of nitrogens with zero attached hydrogens (tertiary/aromatic N) is 1. The molecule has 0 saturated carbocycles. The minimum atomic E-state index is -1.06. The number of benzene rings is 2. The predicted octanol–water partition coefficient (Wildman–Crippen LogP) is 4.01. The van der Waals surface area contributed by atoms with Crippen LogP contribution >= 0.6 is 11.6 Å². The standard InChI is InChI=1S/C18H16ClNO4/c1-23-10-11-24-15-9-5-4-8-14(15)20-13-7-3-2-6-12(13)16(17(20)19)18(21)22/h2-9H,10-11H2,1H3,(H,21,22). The summed E-state index contributed by atoms with van der Waals surface area (Å²) in [5.41, 5.74) is 1.48. The summed E-state index contributed by atoms with van der Waals surface area (Å²) in [6.07, 6.45) is 0. The number of fused-ring (bicyclic) bond motifs is 1. The van der Waals surface area contributed by atoms with E-state index in [9.17, 15) is 9.90 Å². The zero-order valence-electron chi connectivity index (χ0n) is 13.0. The van der Waals surface area contributed by atoms with Crippen LogP contribution in [0.1, 0.15) is 10.4 Å². The van der Waals surface area contributed by atoms with Crippen LogP contribution < -0.4 is 4.74 Å². The number of rotatable bonds is 6. The highest BCUT2D eigenvalue weighted by molar-refractivity contribution is 6.35. The number of halogens is 1. The molecule has 5 nitrogen and oxygen atoms in total. The number of aromatic nitrogens is 1. The van der Waals surface area contributed by atoms with Gasteiger partial charge in [0.25, 0.3) is 0 Å². The third-order valence-corrected chi connectivity index (χ3v) is 4.04. The second kappa shape index (κ2) is 6.95. The number of aromatic carboxylic acids is 1. The average Bonchev–Trinajstić information content (AvgIpc) is 2.87. The molecule has 2 aromatic carbocycles. The summed E-state index contributed by atoms with van der Waals surface area (Å²) in [5, 5.41) is 10.3. The van der Waals surface area contributed by atoms with Crippen LogP contribution in [0.2, 0.25) is 5.15 Å². The molecule has 0 aliphatic carbocycles. The molecule has 0 aliphatic heterocycles. The lowest BCUT2D eigenvalue weighted by atomic mass is 10.2. The van der Waals surface area contributed by atoms with E-state index in [0.717, 1.165) is 0 Å². The van der Waals surface area contributed by atoms with Crippen LogP contribution in [0.5, 0.6) is 5.75 Å². The van der Waals surface area contributed by atoms with Gasteiger partial charge in [-0.05, 0) is 18.2 Å². The molecule has 6 heteroatoms. The van der Waals surface area contributed by atoms with E-state index in [1.54, 1.807) is 23.8 Å². The SMILES string of the molecule is COCCOc1ccccc1-n1c(Cl)c(C(=O)O)c2ccccc21. The number of carboxylic acids is 1. The van der Waals surface area contributed by atoms with Crippen molar-refractivity contribution in [2.24, 2.45) is 0 Å². The molecule has 0 atom stereocenters. The number of carboxylic acid groups (broad SMARTS) is 1. The van der Waals surface area contributed by atoms with Gasteiger partial charge in [0.1, 0.15) is 23.1 Å². The third-order valence-electron chi connectivity index (χ3n) is 3.68. The lowest BCUT2D eigenvalue weighted by Gasteiger charge is -2.14. The van der Waals surface area contributed by atoms with Crippen molar-refractivity contribution in [1.82, 2.24) is 4.57 Å². The van der Waals surface area contributed by atoms with Gasteiger partial charge in [0, 0.05) is 12.5 Å². The second-order valence-corrected chi connectivity index (χ2v) is 5.49. The molecule has 0 spiro atoms. The van der Waals surface area contributed by atoms with Crippen LogP contribution in [0.15, 0.2) is 48.5 Å². The zero-order chi connectivity index (χ0) is 17.1. The minimum absolute atomic E-state index is 0.0824. The van der Waals surface area contributed by atoms with E-state index in [-0.39, 0.29) is 10.7 Å². The number of hydrogen-bond acceptors (Lipinski definition) is 3. The molecule has 0 unspecified atom stereocenters. The largest absolute Gasteiger partial charge is 0.489 e. The summed E-state index contributed by atoms with van der Waals surface area (Å²) in [6, 6.07) is 14.6. The van der Waals surface area contributed by atoms with Crippen molar-refractivity contribution in [3.05, 3.63) is 59.2 Å². The van der Waals surface area contributed by atoms with Crippen LogP contribution in [-0.2, 0) is 4.74 Å². The molecule has 124 valence electrons. The predicted molar refractivity (Wildman–Crippen MR) is 92.6 cm³/mol. The van der Waals surface area contributed by atoms with Crippen molar-refractivity contribution in [2.45, 2.75) is 0 Å². The maximum absolute atomic E-state index is 11.6. The van der Waals surface area contributed by atoms with Crippen LogP contribution in [0.3, 0.4) is 0 Å². The van der Waals surface area contributed by atoms with Crippen molar-refractivity contribution in [2.75, 3.05) is 20.3 Å². The lowest BCUT2D eigenvalue weighted by molar-refractivity contribution is 0.0699. The Morgan fingerprint density at radius 1 is 1.12 bits per heavy atom. The lowest BCUT2D eigenvalue weighted by Crippen LogP contribution is -2.07. The van der Waals surface area contributed by atoms with E-state index in [0.29, 0.717) is 35.6 Å². The van der Waals surface area contributed by atoms with Crippen molar-refractivity contribution >= 4 is 28.5 Å². The van der Waals surface area contributed by atoms with Crippen LogP contribution in [0, 0.1) is 0 Å². The summed E-state index contributed by atoms with van der Waals surface area (Å²) in [5.74, 6) is -0.457. The molecule has 3 aromatic rings. The first kappa shape index (κ1) is 16.4. The highest BCUT2D eigenvalue weighted by atomic mass is 35.5. The molecular formula is C18H16ClNO4. The minimum Gasteiger partial charge on any atom is -0.489 e. The van der Waals surface area contributed by atoms with E-state index in [1.807, 2.05) is 36.4 Å². The van der Waals surface area contributed by atoms with Crippen molar-refractivity contribution < 1.29 is 19.4 Å². The molecule has 0 bridgehead atoms. The molecule has 1 heterocycles. The Hall–Kier alpha value is -2.50. The molecule has 0 amide bonds. The Balaban J connectivity index is 2.21. The molecule has 3 rings (SSSR count). The first-order valence-electron chi connectivity index (χ1n) is 7.38. The topological polar surface area (TPSA) is 60.7 Å². The Morgan fingerprint density at radius 2 is 1.83 bits per heavy atom. The van der Waals surface area contributed by atoms with Crippen LogP contribution in [-0.4, -0.2) is 36.0 Å². The van der Waals surface area contributed by atoms with Crippen molar-refractivity contribution in [1.29, 1.82) is 0 Å². The Labute approximate surface area is 144 Å². The van der Waals surface area contributed by atoms with E-state index in [2.05, 4.69) is 0 Å². The number of para-hydroxylation sites is 3. The highest BCUT2D eigenvalue weighted by Crippen LogP contribution is 2.36. The quantitative estimate of drug-likeness (QED) is 0.686. The molecule has 1 aromatic heterocycles. The fourth-order valence-corrected chi connectivity index (χ4v) is 3.01. The number of methoxy groups -OCH3 is 1. The van der Waals surface area contributed by atoms with Crippen LogP contribution in [0.25, 0.3) is 16.6 Å². The highest BCUT2D eigenvalue weighted by Gasteiger charge is 2.22. The van der Waals surface area contributed by atoms with Gasteiger partial charge in [-0.1, -0.05) is 41.9 Å². The number of carbonyl (C=O) groups is 1. The Morgan fingerprint density at radius 3 is 2.58 bits per heavy atom. The maximum atomic E-state index is 11.6. The van der Waals surface area contributed by atoms with Gasteiger partial charge in [-0.3, -0.25) is 4.57 Å². The second-order valence-electron chi connectivity index (χ2n) is 5.13. The summed E-state index contributed by atoms with van der Waals surface area (Å²) in [4.78, 5) is 11.6. The van der Waals surface area contributed by atoms with E-state index < -0.39 is 5.97 Å². The van der Waals surface area contributed by atoms with E-state index in [1.165, 1.54) is 0 Å². The van der Waals surface area contributed by atoms with Gasteiger partial charge in [0.2, 0.25) is 0 Å². The molecule has 0 radical (unpaired) electrons. The molecule has 0 fully saturated rings. The smallest absolute Gasteiger partial charge is 0.339 e. The van der Waals surface area contributed by atoms with Gasteiger partial charge >= 0.3 is 5.97 Å². The molecular weight excluding hydrogens is 330 g/mol. The van der Waals surface area contributed by atoms with Gasteiger partial charge in [-0.15, -0.1) is 0 Å².